The monoisotopic (exact) mass is 328 g/mol. The van der Waals surface area contributed by atoms with E-state index >= 15 is 0 Å². The molecule has 0 atom stereocenters. The zero-order chi connectivity index (χ0) is 15.7. The first-order chi connectivity index (χ1) is 9.83. The second-order valence-corrected chi connectivity index (χ2v) is 8.79. The van der Waals surface area contributed by atoms with Crippen LogP contribution in [0.1, 0.15) is 29.5 Å². The molecule has 1 aliphatic carbocycles. The molecule has 0 spiro atoms. The zero-order valence-electron chi connectivity index (χ0n) is 13.1. The number of aryl methyl sites for hydroxylation is 1. The van der Waals surface area contributed by atoms with Crippen molar-refractivity contribution in [1.29, 1.82) is 0 Å². The van der Waals surface area contributed by atoms with E-state index in [2.05, 4.69) is 10.0 Å². The normalized spacial score (nSPS) is 17.0. The van der Waals surface area contributed by atoms with Crippen molar-refractivity contribution in [3.05, 3.63) is 28.8 Å². The quantitative estimate of drug-likeness (QED) is 0.806. The number of thioether (sulfide) groups is 1. The third-order valence-electron chi connectivity index (χ3n) is 4.17. The third kappa shape index (κ3) is 3.80. The van der Waals surface area contributed by atoms with Crippen molar-refractivity contribution in [1.82, 2.24) is 10.0 Å². The SMILES string of the molecule is CNCc1cc(C)c(C)c(S(=O)(=O)NCC2(SC)CC2)c1. The number of rotatable bonds is 7. The Balaban J connectivity index is 2.26. The molecule has 1 aromatic rings. The number of hydrogen-bond donors (Lipinski definition) is 2. The van der Waals surface area contributed by atoms with Gasteiger partial charge in [-0.1, -0.05) is 6.07 Å². The maximum absolute atomic E-state index is 12.6. The fourth-order valence-electron chi connectivity index (χ4n) is 2.38. The Morgan fingerprint density at radius 2 is 1.95 bits per heavy atom. The van der Waals surface area contributed by atoms with E-state index in [1.807, 2.05) is 33.2 Å². The van der Waals surface area contributed by atoms with Crippen LogP contribution in [0.15, 0.2) is 17.0 Å². The minimum Gasteiger partial charge on any atom is -0.316 e. The van der Waals surface area contributed by atoms with Gasteiger partial charge in [0.15, 0.2) is 0 Å². The van der Waals surface area contributed by atoms with Crippen LogP contribution in [0.4, 0.5) is 0 Å². The van der Waals surface area contributed by atoms with E-state index in [9.17, 15) is 8.42 Å². The van der Waals surface area contributed by atoms with Gasteiger partial charge >= 0.3 is 0 Å². The summed E-state index contributed by atoms with van der Waals surface area (Å²) in [5, 5.41) is 3.07. The molecule has 4 nitrogen and oxygen atoms in total. The Morgan fingerprint density at radius 1 is 1.29 bits per heavy atom. The summed E-state index contributed by atoms with van der Waals surface area (Å²) in [6.07, 6.45) is 4.23. The summed E-state index contributed by atoms with van der Waals surface area (Å²) < 4.78 is 28.1. The lowest BCUT2D eigenvalue weighted by atomic mass is 10.1. The summed E-state index contributed by atoms with van der Waals surface area (Å²) in [5.41, 5.74) is 2.83. The summed E-state index contributed by atoms with van der Waals surface area (Å²) in [5.74, 6) is 0. The molecule has 0 heterocycles. The second kappa shape index (κ2) is 6.28. The van der Waals surface area contributed by atoms with Crippen LogP contribution in [0.2, 0.25) is 0 Å². The molecule has 1 aliphatic rings. The molecule has 0 saturated heterocycles. The summed E-state index contributed by atoms with van der Waals surface area (Å²) >= 11 is 1.76. The molecule has 6 heteroatoms. The summed E-state index contributed by atoms with van der Waals surface area (Å²) in [7, 11) is -1.59. The van der Waals surface area contributed by atoms with E-state index in [1.165, 1.54) is 0 Å². The molecule has 0 radical (unpaired) electrons. The average molecular weight is 329 g/mol. The van der Waals surface area contributed by atoms with Crippen molar-refractivity contribution in [3.8, 4) is 0 Å². The highest BCUT2D eigenvalue weighted by molar-refractivity contribution is 8.00. The third-order valence-corrected chi connectivity index (χ3v) is 7.12. The van der Waals surface area contributed by atoms with Crippen molar-refractivity contribution >= 4 is 21.8 Å². The standard InChI is InChI=1S/C15H24N2O2S2/c1-11-7-13(9-16-3)8-14(12(11)2)21(18,19)17-10-15(20-4)5-6-15/h7-8,16-17H,5-6,9-10H2,1-4H3. The molecule has 0 aliphatic heterocycles. The van der Waals surface area contributed by atoms with Crippen LogP contribution >= 0.6 is 11.8 Å². The first kappa shape index (κ1) is 16.8. The van der Waals surface area contributed by atoms with Crippen LogP contribution in [-0.2, 0) is 16.6 Å². The second-order valence-electron chi connectivity index (χ2n) is 5.78. The molecule has 1 saturated carbocycles. The molecule has 2 N–H and O–H groups in total. The van der Waals surface area contributed by atoms with Crippen molar-refractivity contribution in [3.63, 3.8) is 0 Å². The molecule has 118 valence electrons. The van der Waals surface area contributed by atoms with Gasteiger partial charge < -0.3 is 5.32 Å². The van der Waals surface area contributed by atoms with Crippen LogP contribution in [0.5, 0.6) is 0 Å². The van der Waals surface area contributed by atoms with Gasteiger partial charge in [-0.3, -0.25) is 0 Å². The lowest BCUT2D eigenvalue weighted by molar-refractivity contribution is 0.578. The number of benzene rings is 1. The lowest BCUT2D eigenvalue weighted by Crippen LogP contribution is -2.32. The van der Waals surface area contributed by atoms with Crippen LogP contribution < -0.4 is 10.0 Å². The molecular formula is C15H24N2O2S2. The van der Waals surface area contributed by atoms with Crippen molar-refractivity contribution in [2.75, 3.05) is 19.8 Å². The Hall–Kier alpha value is -0.560. The van der Waals surface area contributed by atoms with Gasteiger partial charge in [-0.25, -0.2) is 13.1 Å². The molecule has 0 aromatic heterocycles. The molecule has 0 bridgehead atoms. The molecule has 0 unspecified atom stereocenters. The fourth-order valence-corrected chi connectivity index (χ4v) is 4.69. The summed E-state index contributed by atoms with van der Waals surface area (Å²) in [6, 6.07) is 3.81. The minimum absolute atomic E-state index is 0.124. The maximum atomic E-state index is 12.6. The van der Waals surface area contributed by atoms with E-state index in [4.69, 9.17) is 0 Å². The van der Waals surface area contributed by atoms with Crippen LogP contribution in [0, 0.1) is 13.8 Å². The number of sulfonamides is 1. The average Bonchev–Trinajstić information content (AvgIpc) is 3.21. The Labute approximate surface area is 132 Å². The van der Waals surface area contributed by atoms with E-state index in [1.54, 1.807) is 17.8 Å². The molecule has 1 fully saturated rings. The lowest BCUT2D eigenvalue weighted by Gasteiger charge is -2.16. The zero-order valence-corrected chi connectivity index (χ0v) is 14.7. The van der Waals surface area contributed by atoms with Gasteiger partial charge in [-0.05, 0) is 62.7 Å². The number of hydrogen-bond acceptors (Lipinski definition) is 4. The first-order valence-electron chi connectivity index (χ1n) is 7.13. The topological polar surface area (TPSA) is 58.2 Å². The van der Waals surface area contributed by atoms with Crippen molar-refractivity contribution < 1.29 is 8.42 Å². The maximum Gasteiger partial charge on any atom is 0.240 e. The van der Waals surface area contributed by atoms with Crippen LogP contribution in [-0.4, -0.2) is 33.0 Å². The van der Waals surface area contributed by atoms with Crippen molar-refractivity contribution in [2.24, 2.45) is 0 Å². The fraction of sp³-hybridized carbons (Fsp3) is 0.600. The predicted octanol–water partition coefficient (Wildman–Crippen LogP) is 2.20. The molecule has 21 heavy (non-hydrogen) atoms. The summed E-state index contributed by atoms with van der Waals surface area (Å²) in [6.45, 7) is 5.01. The highest BCUT2D eigenvalue weighted by Gasteiger charge is 2.42. The van der Waals surface area contributed by atoms with Gasteiger partial charge in [-0.15, -0.1) is 0 Å². The largest absolute Gasteiger partial charge is 0.316 e. The Bertz CT molecular complexity index is 623. The predicted molar refractivity (Wildman–Crippen MR) is 89.3 cm³/mol. The van der Waals surface area contributed by atoms with Gasteiger partial charge in [0.25, 0.3) is 0 Å². The Kier molecular flexibility index (Phi) is 5.03. The van der Waals surface area contributed by atoms with Gasteiger partial charge in [0.2, 0.25) is 10.0 Å². The van der Waals surface area contributed by atoms with E-state index in [-0.39, 0.29) is 4.75 Å². The van der Waals surface area contributed by atoms with Crippen LogP contribution in [0.25, 0.3) is 0 Å². The molecule has 0 amide bonds. The number of nitrogens with one attached hydrogen (secondary N) is 2. The molecule has 1 aromatic carbocycles. The van der Waals surface area contributed by atoms with Gasteiger partial charge in [0, 0.05) is 17.8 Å². The van der Waals surface area contributed by atoms with Gasteiger partial charge in [-0.2, -0.15) is 11.8 Å². The van der Waals surface area contributed by atoms with Crippen molar-refractivity contribution in [2.45, 2.75) is 42.9 Å². The van der Waals surface area contributed by atoms with E-state index < -0.39 is 10.0 Å². The highest BCUT2D eigenvalue weighted by atomic mass is 32.2. The van der Waals surface area contributed by atoms with Gasteiger partial charge in [0.1, 0.15) is 0 Å². The van der Waals surface area contributed by atoms with Gasteiger partial charge in [0.05, 0.1) is 4.90 Å². The van der Waals surface area contributed by atoms with Crippen LogP contribution in [0.3, 0.4) is 0 Å². The highest BCUT2D eigenvalue weighted by Crippen LogP contribution is 2.46. The smallest absolute Gasteiger partial charge is 0.240 e. The van der Waals surface area contributed by atoms with E-state index in [0.717, 1.165) is 29.5 Å². The molecule has 2 rings (SSSR count). The summed E-state index contributed by atoms with van der Waals surface area (Å²) in [4.78, 5) is 0.407. The first-order valence-corrected chi connectivity index (χ1v) is 9.84. The Morgan fingerprint density at radius 3 is 2.48 bits per heavy atom. The van der Waals surface area contributed by atoms with E-state index in [0.29, 0.717) is 18.0 Å². The minimum atomic E-state index is -3.45. The molecular weight excluding hydrogens is 304 g/mol.